The highest BCUT2D eigenvalue weighted by atomic mass is 35.5. The molecule has 1 aromatic rings. The molecule has 1 aliphatic rings. The van der Waals surface area contributed by atoms with E-state index in [2.05, 4.69) is 4.90 Å². The number of nitrogens with zero attached hydrogens (tertiary/aromatic N) is 2. The van der Waals surface area contributed by atoms with E-state index in [4.69, 9.17) is 16.7 Å². The second-order valence-corrected chi connectivity index (χ2v) is 5.72. The molecule has 1 aliphatic heterocycles. The van der Waals surface area contributed by atoms with Gasteiger partial charge in [0.05, 0.1) is 15.5 Å². The van der Waals surface area contributed by atoms with Crippen molar-refractivity contribution in [1.82, 2.24) is 4.90 Å². The molecule has 1 unspecified atom stereocenters. The third-order valence-electron chi connectivity index (χ3n) is 3.81. The predicted molar refractivity (Wildman–Crippen MR) is 78.4 cm³/mol. The number of carbonyl (C=O) groups is 1. The van der Waals surface area contributed by atoms with Crippen molar-refractivity contribution in [2.24, 2.45) is 5.92 Å². The zero-order valence-corrected chi connectivity index (χ0v) is 12.3. The average molecular weight is 313 g/mol. The van der Waals surface area contributed by atoms with Crippen molar-refractivity contribution in [3.05, 3.63) is 38.9 Å². The van der Waals surface area contributed by atoms with Crippen LogP contribution < -0.4 is 0 Å². The molecule has 1 aromatic carbocycles. The molecule has 1 fully saturated rings. The third-order valence-corrected chi connectivity index (χ3v) is 4.16. The molecule has 0 amide bonds. The van der Waals surface area contributed by atoms with Crippen LogP contribution in [0, 0.1) is 16.0 Å². The van der Waals surface area contributed by atoms with Gasteiger partial charge in [-0.1, -0.05) is 17.7 Å². The summed E-state index contributed by atoms with van der Waals surface area (Å²) in [7, 11) is 0. The van der Waals surface area contributed by atoms with Gasteiger partial charge in [0.15, 0.2) is 0 Å². The maximum Gasteiger partial charge on any atom is 0.303 e. The minimum Gasteiger partial charge on any atom is -0.481 e. The smallest absolute Gasteiger partial charge is 0.303 e. The minimum atomic E-state index is -0.782. The Balaban J connectivity index is 2.00. The monoisotopic (exact) mass is 312 g/mol. The van der Waals surface area contributed by atoms with Crippen LogP contribution >= 0.6 is 11.6 Å². The van der Waals surface area contributed by atoms with Crippen LogP contribution in [0.15, 0.2) is 18.2 Å². The van der Waals surface area contributed by atoms with E-state index < -0.39 is 10.9 Å². The number of carboxylic acids is 1. The Hall–Kier alpha value is -1.66. The molecule has 0 aliphatic carbocycles. The second kappa shape index (κ2) is 6.87. The maximum atomic E-state index is 11.1. The van der Waals surface area contributed by atoms with Crippen LogP contribution in [0.3, 0.4) is 0 Å². The topological polar surface area (TPSA) is 83.7 Å². The van der Waals surface area contributed by atoms with Crippen LogP contribution in [0.1, 0.15) is 24.8 Å². The summed E-state index contributed by atoms with van der Waals surface area (Å²) in [4.78, 5) is 23.3. The van der Waals surface area contributed by atoms with Crippen LogP contribution in [0.25, 0.3) is 0 Å². The number of halogens is 1. The Morgan fingerprint density at radius 2 is 2.29 bits per heavy atom. The molecule has 1 atom stereocenters. The number of hydrogen-bond donors (Lipinski definition) is 1. The summed E-state index contributed by atoms with van der Waals surface area (Å²) in [6.45, 7) is 2.00. The van der Waals surface area contributed by atoms with Crippen molar-refractivity contribution in [3.8, 4) is 0 Å². The zero-order chi connectivity index (χ0) is 15.4. The van der Waals surface area contributed by atoms with E-state index in [0.717, 1.165) is 19.5 Å². The molecule has 1 N–H and O–H groups in total. The fourth-order valence-electron chi connectivity index (χ4n) is 2.72. The highest BCUT2D eigenvalue weighted by Gasteiger charge is 2.26. The highest BCUT2D eigenvalue weighted by Crippen LogP contribution is 2.30. The quantitative estimate of drug-likeness (QED) is 0.645. The number of hydrogen-bond acceptors (Lipinski definition) is 4. The van der Waals surface area contributed by atoms with Crippen LogP contribution in [0.2, 0.25) is 5.02 Å². The van der Waals surface area contributed by atoms with Crippen molar-refractivity contribution in [3.63, 3.8) is 0 Å². The van der Waals surface area contributed by atoms with Crippen LogP contribution in [0.5, 0.6) is 0 Å². The van der Waals surface area contributed by atoms with Crippen molar-refractivity contribution in [2.75, 3.05) is 13.1 Å². The Labute approximate surface area is 127 Å². The fraction of sp³-hybridized carbons (Fsp3) is 0.500. The Kier molecular flexibility index (Phi) is 5.14. The van der Waals surface area contributed by atoms with Gasteiger partial charge in [-0.3, -0.25) is 19.8 Å². The lowest BCUT2D eigenvalue weighted by atomic mass is 10.0. The van der Waals surface area contributed by atoms with Crippen LogP contribution in [-0.4, -0.2) is 34.0 Å². The fourth-order valence-corrected chi connectivity index (χ4v) is 2.95. The first kappa shape index (κ1) is 15.7. The number of likely N-dealkylation sites (tertiary alicyclic amines) is 1. The number of nitro benzene ring substituents is 1. The van der Waals surface area contributed by atoms with E-state index in [-0.39, 0.29) is 12.1 Å². The molecule has 114 valence electrons. The van der Waals surface area contributed by atoms with Gasteiger partial charge in [-0.05, 0) is 31.4 Å². The van der Waals surface area contributed by atoms with Crippen molar-refractivity contribution in [1.29, 1.82) is 0 Å². The van der Waals surface area contributed by atoms with E-state index >= 15 is 0 Å². The Morgan fingerprint density at radius 3 is 2.95 bits per heavy atom. The third kappa shape index (κ3) is 4.15. The van der Waals surface area contributed by atoms with Gasteiger partial charge >= 0.3 is 5.97 Å². The number of rotatable bonds is 6. The van der Waals surface area contributed by atoms with Gasteiger partial charge in [0, 0.05) is 25.6 Å². The molecular weight excluding hydrogens is 296 g/mol. The van der Waals surface area contributed by atoms with E-state index in [1.807, 2.05) is 0 Å². The van der Waals surface area contributed by atoms with E-state index in [9.17, 15) is 14.9 Å². The molecular formula is C14H17ClN2O4. The molecule has 0 aromatic heterocycles. The van der Waals surface area contributed by atoms with Crippen molar-refractivity contribution >= 4 is 23.3 Å². The summed E-state index contributed by atoms with van der Waals surface area (Å²) in [5.74, 6) is -0.446. The van der Waals surface area contributed by atoms with Gasteiger partial charge in [0.2, 0.25) is 0 Å². The molecule has 21 heavy (non-hydrogen) atoms. The molecule has 1 heterocycles. The van der Waals surface area contributed by atoms with Gasteiger partial charge < -0.3 is 5.11 Å². The molecule has 2 rings (SSSR count). The first-order chi connectivity index (χ1) is 9.97. The molecule has 6 nitrogen and oxygen atoms in total. The van der Waals surface area contributed by atoms with Gasteiger partial charge in [0.25, 0.3) is 5.69 Å². The largest absolute Gasteiger partial charge is 0.481 e. The highest BCUT2D eigenvalue weighted by molar-refractivity contribution is 6.31. The first-order valence-corrected chi connectivity index (χ1v) is 7.21. The van der Waals surface area contributed by atoms with Gasteiger partial charge in [-0.25, -0.2) is 0 Å². The summed E-state index contributed by atoms with van der Waals surface area (Å²) >= 11 is 6.08. The lowest BCUT2D eigenvalue weighted by molar-refractivity contribution is -0.385. The summed E-state index contributed by atoms with van der Waals surface area (Å²) in [6.07, 6.45) is 1.74. The van der Waals surface area contributed by atoms with E-state index in [0.29, 0.717) is 29.5 Å². The number of carboxylic acid groups (broad SMARTS) is 1. The van der Waals surface area contributed by atoms with Crippen molar-refractivity contribution < 1.29 is 14.8 Å². The predicted octanol–water partition coefficient (Wildman–Crippen LogP) is 2.93. The van der Waals surface area contributed by atoms with E-state index in [1.54, 1.807) is 12.1 Å². The average Bonchev–Trinajstić information content (AvgIpc) is 2.86. The summed E-state index contributed by atoms with van der Waals surface area (Å²) in [5.41, 5.74) is 0.569. The zero-order valence-electron chi connectivity index (χ0n) is 11.5. The molecule has 7 heteroatoms. The Bertz CT molecular complexity index is 550. The Morgan fingerprint density at radius 1 is 1.52 bits per heavy atom. The van der Waals surface area contributed by atoms with Gasteiger partial charge in [-0.15, -0.1) is 0 Å². The lowest BCUT2D eigenvalue weighted by Gasteiger charge is -2.16. The second-order valence-electron chi connectivity index (χ2n) is 5.32. The van der Waals surface area contributed by atoms with Crippen molar-refractivity contribution in [2.45, 2.75) is 25.8 Å². The van der Waals surface area contributed by atoms with Gasteiger partial charge in [0.1, 0.15) is 0 Å². The number of nitro groups is 1. The summed E-state index contributed by atoms with van der Waals surface area (Å²) < 4.78 is 0. The summed E-state index contributed by atoms with van der Waals surface area (Å²) in [5, 5.41) is 20.2. The van der Waals surface area contributed by atoms with Crippen LogP contribution in [-0.2, 0) is 11.3 Å². The molecule has 0 spiro atoms. The molecule has 1 saturated heterocycles. The SMILES string of the molecule is O=C(O)CCC1CCN(Cc2c(Cl)cccc2[N+](=O)[O-])C1. The minimum absolute atomic E-state index is 0.0384. The van der Waals surface area contributed by atoms with Crippen LogP contribution in [0.4, 0.5) is 5.69 Å². The van der Waals surface area contributed by atoms with E-state index in [1.165, 1.54) is 6.07 Å². The van der Waals surface area contributed by atoms with Gasteiger partial charge in [-0.2, -0.15) is 0 Å². The lowest BCUT2D eigenvalue weighted by Crippen LogP contribution is -2.21. The normalized spacial score (nSPS) is 18.8. The molecule has 0 radical (unpaired) electrons. The first-order valence-electron chi connectivity index (χ1n) is 6.83. The number of benzene rings is 1. The maximum absolute atomic E-state index is 11.1. The molecule has 0 saturated carbocycles. The summed E-state index contributed by atoms with van der Waals surface area (Å²) in [6, 6.07) is 4.69. The number of aliphatic carboxylic acids is 1. The standard InChI is InChI=1S/C14H17ClN2O4/c15-12-2-1-3-13(17(20)21)11(12)9-16-7-6-10(8-16)4-5-14(18)19/h1-3,10H,4-9H2,(H,18,19). The molecule has 0 bridgehead atoms.